The lowest BCUT2D eigenvalue weighted by molar-refractivity contribution is -0.384. The Morgan fingerprint density at radius 2 is 1.82 bits per heavy atom. The van der Waals surface area contributed by atoms with Gasteiger partial charge in [0.1, 0.15) is 17.1 Å². The second-order valence-corrected chi connectivity index (χ2v) is 6.08. The van der Waals surface area contributed by atoms with Crippen molar-refractivity contribution in [2.75, 3.05) is 6.61 Å². The number of aromatic nitrogens is 1. The molecule has 140 valence electrons. The van der Waals surface area contributed by atoms with Crippen LogP contribution in [0.5, 0.6) is 5.75 Å². The van der Waals surface area contributed by atoms with Gasteiger partial charge in [0.05, 0.1) is 11.5 Å². The number of hydrogen-bond donors (Lipinski definition) is 0. The van der Waals surface area contributed by atoms with Crippen LogP contribution in [0.15, 0.2) is 65.1 Å². The largest absolute Gasteiger partial charge is 0.494 e. The van der Waals surface area contributed by atoms with Crippen LogP contribution in [0.2, 0.25) is 0 Å². The summed E-state index contributed by atoms with van der Waals surface area (Å²) < 4.78 is 25.7. The van der Waals surface area contributed by atoms with Crippen LogP contribution >= 0.6 is 0 Å². The molecule has 4 rings (SSSR count). The predicted octanol–water partition coefficient (Wildman–Crippen LogP) is 5.61. The number of non-ortho nitro benzene ring substituents is 1. The Labute approximate surface area is 159 Å². The molecule has 0 aliphatic rings. The van der Waals surface area contributed by atoms with E-state index in [1.165, 1.54) is 24.3 Å². The van der Waals surface area contributed by atoms with Crippen molar-refractivity contribution in [3.05, 3.63) is 76.6 Å². The number of nitro groups is 1. The highest BCUT2D eigenvalue weighted by Crippen LogP contribution is 2.31. The van der Waals surface area contributed by atoms with E-state index in [9.17, 15) is 14.5 Å². The van der Waals surface area contributed by atoms with Crippen molar-refractivity contribution in [1.29, 1.82) is 0 Å². The summed E-state index contributed by atoms with van der Waals surface area (Å²) in [6, 6.07) is 16.0. The average Bonchev–Trinajstić information content (AvgIpc) is 3.12. The maximum atomic E-state index is 14.7. The Balaban J connectivity index is 1.67. The molecule has 1 aromatic heterocycles. The third kappa shape index (κ3) is 3.29. The van der Waals surface area contributed by atoms with Gasteiger partial charge in [-0.05, 0) is 42.8 Å². The van der Waals surface area contributed by atoms with Crippen LogP contribution in [0.1, 0.15) is 6.92 Å². The third-order valence-corrected chi connectivity index (χ3v) is 4.27. The second kappa shape index (κ2) is 7.11. The minimum atomic E-state index is -0.501. The van der Waals surface area contributed by atoms with Gasteiger partial charge in [-0.3, -0.25) is 10.1 Å². The molecule has 0 bridgehead atoms. The Bertz CT molecular complexity index is 1170. The average molecular weight is 378 g/mol. The summed E-state index contributed by atoms with van der Waals surface area (Å²) in [6.45, 7) is 2.46. The molecule has 0 fully saturated rings. The molecule has 0 radical (unpaired) electrons. The van der Waals surface area contributed by atoms with E-state index < -0.39 is 10.7 Å². The molecule has 0 saturated heterocycles. The Hall–Kier alpha value is -3.74. The summed E-state index contributed by atoms with van der Waals surface area (Å²) in [5.74, 6) is 0.506. The van der Waals surface area contributed by atoms with Crippen LogP contribution in [0, 0.1) is 15.9 Å². The van der Waals surface area contributed by atoms with Crippen molar-refractivity contribution in [3.8, 4) is 28.3 Å². The van der Waals surface area contributed by atoms with Gasteiger partial charge in [0.15, 0.2) is 5.58 Å². The SMILES string of the molecule is CCOc1ccc(-c2ccc(-c3nc4cc([N+](=O)[O-])ccc4o3)cc2F)cc1. The van der Waals surface area contributed by atoms with E-state index in [1.807, 2.05) is 6.92 Å². The fourth-order valence-corrected chi connectivity index (χ4v) is 2.93. The first-order chi connectivity index (χ1) is 13.5. The standard InChI is InChI=1S/C21H15FN2O4/c1-2-27-16-7-3-13(4-8-16)17-9-5-14(11-18(17)22)21-23-19-12-15(24(25)26)6-10-20(19)28-21/h3-12H,2H2,1H3. The van der Waals surface area contributed by atoms with Crippen molar-refractivity contribution in [1.82, 2.24) is 4.98 Å². The van der Waals surface area contributed by atoms with Gasteiger partial charge in [-0.25, -0.2) is 9.37 Å². The van der Waals surface area contributed by atoms with Gasteiger partial charge in [-0.15, -0.1) is 0 Å². The first-order valence-corrected chi connectivity index (χ1v) is 8.63. The van der Waals surface area contributed by atoms with Crippen LogP contribution in [-0.2, 0) is 0 Å². The predicted molar refractivity (Wildman–Crippen MR) is 103 cm³/mol. The normalized spacial score (nSPS) is 10.9. The van der Waals surface area contributed by atoms with E-state index in [2.05, 4.69) is 4.98 Å². The molecule has 0 aliphatic heterocycles. The van der Waals surface area contributed by atoms with E-state index >= 15 is 0 Å². The van der Waals surface area contributed by atoms with Crippen molar-refractivity contribution < 1.29 is 18.5 Å². The minimum absolute atomic E-state index is 0.0793. The number of nitro benzene ring substituents is 1. The summed E-state index contributed by atoms with van der Waals surface area (Å²) in [4.78, 5) is 14.6. The smallest absolute Gasteiger partial charge is 0.271 e. The zero-order chi connectivity index (χ0) is 19.7. The molecule has 0 spiro atoms. The van der Waals surface area contributed by atoms with Crippen molar-refractivity contribution in [2.45, 2.75) is 6.92 Å². The molecule has 0 saturated carbocycles. The number of ether oxygens (including phenoxy) is 1. The molecule has 0 unspecified atom stereocenters. The molecule has 0 aliphatic carbocycles. The molecular formula is C21H15FN2O4. The van der Waals surface area contributed by atoms with Gasteiger partial charge in [-0.1, -0.05) is 18.2 Å². The van der Waals surface area contributed by atoms with Crippen LogP contribution in [0.3, 0.4) is 0 Å². The third-order valence-electron chi connectivity index (χ3n) is 4.27. The molecule has 6 nitrogen and oxygen atoms in total. The van der Waals surface area contributed by atoms with E-state index in [1.54, 1.807) is 36.4 Å². The zero-order valence-electron chi connectivity index (χ0n) is 14.9. The molecule has 0 N–H and O–H groups in total. The van der Waals surface area contributed by atoms with Gasteiger partial charge < -0.3 is 9.15 Å². The minimum Gasteiger partial charge on any atom is -0.494 e. The number of nitrogens with zero attached hydrogens (tertiary/aromatic N) is 2. The highest BCUT2D eigenvalue weighted by atomic mass is 19.1. The first-order valence-electron chi connectivity index (χ1n) is 8.63. The van der Waals surface area contributed by atoms with E-state index in [0.29, 0.717) is 28.8 Å². The number of hydrogen-bond acceptors (Lipinski definition) is 5. The van der Waals surface area contributed by atoms with Gasteiger partial charge in [0.2, 0.25) is 5.89 Å². The maximum absolute atomic E-state index is 14.7. The van der Waals surface area contributed by atoms with E-state index in [-0.39, 0.29) is 11.6 Å². The Morgan fingerprint density at radius 1 is 1.07 bits per heavy atom. The lowest BCUT2D eigenvalue weighted by atomic mass is 10.0. The number of halogens is 1. The summed E-state index contributed by atoms with van der Waals surface area (Å²) in [5, 5.41) is 10.9. The van der Waals surface area contributed by atoms with E-state index in [4.69, 9.17) is 9.15 Å². The zero-order valence-corrected chi connectivity index (χ0v) is 14.9. The fraction of sp³-hybridized carbons (Fsp3) is 0.0952. The van der Waals surface area contributed by atoms with Crippen molar-refractivity contribution in [2.24, 2.45) is 0 Å². The molecule has 0 amide bonds. The second-order valence-electron chi connectivity index (χ2n) is 6.08. The highest BCUT2D eigenvalue weighted by Gasteiger charge is 2.15. The van der Waals surface area contributed by atoms with Crippen LogP contribution < -0.4 is 4.74 Å². The summed E-state index contributed by atoms with van der Waals surface area (Å²) in [7, 11) is 0. The van der Waals surface area contributed by atoms with Gasteiger partial charge in [-0.2, -0.15) is 0 Å². The topological polar surface area (TPSA) is 78.4 Å². The van der Waals surface area contributed by atoms with Gasteiger partial charge in [0, 0.05) is 23.3 Å². The number of rotatable bonds is 5. The highest BCUT2D eigenvalue weighted by molar-refractivity contribution is 5.79. The molecule has 0 atom stereocenters. The van der Waals surface area contributed by atoms with Crippen molar-refractivity contribution in [3.63, 3.8) is 0 Å². The molecule has 28 heavy (non-hydrogen) atoms. The van der Waals surface area contributed by atoms with Crippen LogP contribution in [0.4, 0.5) is 10.1 Å². The van der Waals surface area contributed by atoms with Crippen LogP contribution in [-0.4, -0.2) is 16.5 Å². The Kier molecular flexibility index (Phi) is 4.49. The lowest BCUT2D eigenvalue weighted by Gasteiger charge is -2.07. The van der Waals surface area contributed by atoms with Crippen molar-refractivity contribution >= 4 is 16.8 Å². The fourth-order valence-electron chi connectivity index (χ4n) is 2.93. The molecule has 4 aromatic rings. The number of oxazole rings is 1. The van der Waals surface area contributed by atoms with Crippen LogP contribution in [0.25, 0.3) is 33.7 Å². The molecular weight excluding hydrogens is 363 g/mol. The lowest BCUT2D eigenvalue weighted by Crippen LogP contribution is -1.91. The molecule has 7 heteroatoms. The quantitative estimate of drug-likeness (QED) is 0.333. The maximum Gasteiger partial charge on any atom is 0.271 e. The first kappa shape index (κ1) is 17.7. The number of fused-ring (bicyclic) bond motifs is 1. The number of benzene rings is 3. The monoisotopic (exact) mass is 378 g/mol. The summed E-state index contributed by atoms with van der Waals surface area (Å²) >= 11 is 0. The Morgan fingerprint density at radius 3 is 2.50 bits per heavy atom. The summed E-state index contributed by atoms with van der Waals surface area (Å²) in [6.07, 6.45) is 0. The van der Waals surface area contributed by atoms with E-state index in [0.717, 1.165) is 11.3 Å². The molecule has 1 heterocycles. The van der Waals surface area contributed by atoms with Gasteiger partial charge in [0.25, 0.3) is 5.69 Å². The van der Waals surface area contributed by atoms with Gasteiger partial charge >= 0.3 is 0 Å². The summed E-state index contributed by atoms with van der Waals surface area (Å²) in [5.41, 5.74) is 2.28. The molecule has 3 aromatic carbocycles.